The molecule has 1 N–H and O–H groups in total. The lowest BCUT2D eigenvalue weighted by molar-refractivity contribution is 0.601. The van der Waals surface area contributed by atoms with E-state index in [4.69, 9.17) is 0 Å². The molecular weight excluding hydrogens is 394 g/mol. The predicted octanol–water partition coefficient (Wildman–Crippen LogP) is 4.32. The molecule has 100 valence electrons. The topological polar surface area (TPSA) is 46.2 Å². The normalized spacial score (nSPS) is 11.3. The molecule has 0 amide bonds. The van der Waals surface area contributed by atoms with Gasteiger partial charge in [-0.15, -0.1) is 0 Å². The predicted molar refractivity (Wildman–Crippen MR) is 83.8 cm³/mol. The molecule has 2 rings (SSSR count). The highest BCUT2D eigenvalue weighted by Crippen LogP contribution is 2.26. The van der Waals surface area contributed by atoms with Gasteiger partial charge in [0.2, 0.25) is 0 Å². The Morgan fingerprint density at radius 1 is 1.00 bits per heavy atom. The summed E-state index contributed by atoms with van der Waals surface area (Å²) in [5.41, 5.74) is 1.58. The van der Waals surface area contributed by atoms with Crippen molar-refractivity contribution < 1.29 is 8.42 Å². The molecule has 2 aromatic carbocycles. The number of benzene rings is 2. The lowest BCUT2D eigenvalue weighted by Crippen LogP contribution is -2.13. The van der Waals surface area contributed by atoms with Gasteiger partial charge in [-0.2, -0.15) is 0 Å². The maximum atomic E-state index is 12.2. The molecule has 0 saturated carbocycles. The summed E-state index contributed by atoms with van der Waals surface area (Å²) in [6.07, 6.45) is 0. The minimum Gasteiger partial charge on any atom is -0.278 e. The minimum absolute atomic E-state index is 0.225. The molecule has 0 aromatic heterocycles. The maximum absolute atomic E-state index is 12.2. The first kappa shape index (κ1) is 14.6. The number of sulfonamides is 1. The van der Waals surface area contributed by atoms with Gasteiger partial charge in [0.15, 0.2) is 0 Å². The lowest BCUT2D eigenvalue weighted by atomic mass is 10.2. The van der Waals surface area contributed by atoms with Crippen LogP contribution in [0.4, 0.5) is 5.69 Å². The molecule has 0 aliphatic rings. The molecule has 0 radical (unpaired) electrons. The fourth-order valence-electron chi connectivity index (χ4n) is 1.52. The highest BCUT2D eigenvalue weighted by molar-refractivity contribution is 9.10. The van der Waals surface area contributed by atoms with E-state index in [0.29, 0.717) is 10.2 Å². The fourth-order valence-corrected chi connectivity index (χ4v) is 3.59. The van der Waals surface area contributed by atoms with Crippen LogP contribution in [0.1, 0.15) is 5.56 Å². The van der Waals surface area contributed by atoms with E-state index in [1.807, 2.05) is 19.1 Å². The molecule has 0 bridgehead atoms. The van der Waals surface area contributed by atoms with Crippen LogP contribution in [0.25, 0.3) is 0 Å². The van der Waals surface area contributed by atoms with E-state index in [2.05, 4.69) is 36.6 Å². The standard InChI is InChI=1S/C13H11Br2NO2S/c1-9-2-7-13(12(15)8-9)16-19(17,18)11-5-3-10(14)4-6-11/h2-8,16H,1H3. The third-order valence-corrected chi connectivity index (χ3v) is 5.06. The van der Waals surface area contributed by atoms with Crippen LogP contribution in [0.15, 0.2) is 56.3 Å². The molecule has 0 atom stereocenters. The Hall–Kier alpha value is -0.850. The van der Waals surface area contributed by atoms with Gasteiger partial charge in [0.05, 0.1) is 10.6 Å². The van der Waals surface area contributed by atoms with Gasteiger partial charge in [-0.25, -0.2) is 8.42 Å². The summed E-state index contributed by atoms with van der Waals surface area (Å²) in [4.78, 5) is 0.225. The number of aryl methyl sites for hydroxylation is 1. The molecule has 0 aliphatic carbocycles. The van der Waals surface area contributed by atoms with Gasteiger partial charge in [-0.1, -0.05) is 22.0 Å². The average molecular weight is 405 g/mol. The summed E-state index contributed by atoms with van der Waals surface area (Å²) in [6, 6.07) is 11.9. The van der Waals surface area contributed by atoms with Crippen LogP contribution >= 0.6 is 31.9 Å². The second-order valence-electron chi connectivity index (χ2n) is 4.04. The molecule has 0 aliphatic heterocycles. The molecule has 0 saturated heterocycles. The van der Waals surface area contributed by atoms with Gasteiger partial charge in [-0.3, -0.25) is 4.72 Å². The van der Waals surface area contributed by atoms with E-state index >= 15 is 0 Å². The van der Waals surface area contributed by atoms with Crippen LogP contribution in [0.5, 0.6) is 0 Å². The summed E-state index contributed by atoms with van der Waals surface area (Å²) < 4.78 is 28.5. The van der Waals surface area contributed by atoms with E-state index in [1.165, 1.54) is 0 Å². The molecule has 0 heterocycles. The van der Waals surface area contributed by atoms with Crippen LogP contribution in [-0.4, -0.2) is 8.42 Å². The fraction of sp³-hybridized carbons (Fsp3) is 0.0769. The molecule has 6 heteroatoms. The van der Waals surface area contributed by atoms with Crippen LogP contribution in [0.2, 0.25) is 0 Å². The zero-order valence-electron chi connectivity index (χ0n) is 10.0. The van der Waals surface area contributed by atoms with Crippen molar-refractivity contribution in [1.82, 2.24) is 0 Å². The second kappa shape index (κ2) is 5.64. The third-order valence-electron chi connectivity index (χ3n) is 2.49. The number of nitrogens with one attached hydrogen (secondary N) is 1. The summed E-state index contributed by atoms with van der Waals surface area (Å²) in [6.45, 7) is 1.94. The Bertz CT molecular complexity index is 697. The smallest absolute Gasteiger partial charge is 0.261 e. The largest absolute Gasteiger partial charge is 0.278 e. The minimum atomic E-state index is -3.57. The van der Waals surface area contributed by atoms with Crippen molar-refractivity contribution in [2.45, 2.75) is 11.8 Å². The number of anilines is 1. The Morgan fingerprint density at radius 3 is 2.21 bits per heavy atom. The molecular formula is C13H11Br2NO2S. The highest BCUT2D eigenvalue weighted by atomic mass is 79.9. The molecule has 3 nitrogen and oxygen atoms in total. The Balaban J connectivity index is 2.33. The number of rotatable bonds is 3. The van der Waals surface area contributed by atoms with Gasteiger partial charge < -0.3 is 0 Å². The van der Waals surface area contributed by atoms with Crippen molar-refractivity contribution in [2.75, 3.05) is 4.72 Å². The van der Waals surface area contributed by atoms with Gasteiger partial charge >= 0.3 is 0 Å². The molecule has 2 aromatic rings. The van der Waals surface area contributed by atoms with Crippen molar-refractivity contribution in [1.29, 1.82) is 0 Å². The summed E-state index contributed by atoms with van der Waals surface area (Å²) in [7, 11) is -3.57. The number of halogens is 2. The highest BCUT2D eigenvalue weighted by Gasteiger charge is 2.15. The molecule has 0 fully saturated rings. The first-order valence-electron chi connectivity index (χ1n) is 5.43. The Labute approximate surface area is 129 Å². The van der Waals surface area contributed by atoms with E-state index < -0.39 is 10.0 Å². The first-order chi connectivity index (χ1) is 8.88. The van der Waals surface area contributed by atoms with Gasteiger partial charge in [0.1, 0.15) is 0 Å². The number of hydrogen-bond donors (Lipinski definition) is 1. The molecule has 19 heavy (non-hydrogen) atoms. The van der Waals surface area contributed by atoms with Gasteiger partial charge in [0.25, 0.3) is 10.0 Å². The zero-order valence-corrected chi connectivity index (χ0v) is 14.0. The third kappa shape index (κ3) is 3.58. The monoisotopic (exact) mass is 403 g/mol. The van der Waals surface area contributed by atoms with Crippen LogP contribution in [0.3, 0.4) is 0 Å². The van der Waals surface area contributed by atoms with Crippen LogP contribution in [0, 0.1) is 6.92 Å². The first-order valence-corrected chi connectivity index (χ1v) is 8.50. The average Bonchev–Trinajstić information content (AvgIpc) is 2.33. The lowest BCUT2D eigenvalue weighted by Gasteiger charge is -2.10. The van der Waals surface area contributed by atoms with Gasteiger partial charge in [-0.05, 0) is 64.8 Å². The van der Waals surface area contributed by atoms with Gasteiger partial charge in [0, 0.05) is 8.95 Å². The number of hydrogen-bond acceptors (Lipinski definition) is 2. The quantitative estimate of drug-likeness (QED) is 0.827. The molecule has 0 unspecified atom stereocenters. The molecule has 0 spiro atoms. The summed E-state index contributed by atoms with van der Waals surface area (Å²) in [5.74, 6) is 0. The second-order valence-corrected chi connectivity index (χ2v) is 7.50. The Kier molecular flexibility index (Phi) is 4.32. The maximum Gasteiger partial charge on any atom is 0.261 e. The van der Waals surface area contributed by atoms with Crippen molar-refractivity contribution in [3.8, 4) is 0 Å². The van der Waals surface area contributed by atoms with Crippen molar-refractivity contribution >= 4 is 47.6 Å². The van der Waals surface area contributed by atoms with Crippen molar-refractivity contribution in [3.63, 3.8) is 0 Å². The van der Waals surface area contributed by atoms with E-state index in [-0.39, 0.29) is 4.90 Å². The van der Waals surface area contributed by atoms with E-state index in [1.54, 1.807) is 30.3 Å². The summed E-state index contributed by atoms with van der Waals surface area (Å²) in [5, 5.41) is 0. The van der Waals surface area contributed by atoms with E-state index in [9.17, 15) is 8.42 Å². The van der Waals surface area contributed by atoms with Crippen molar-refractivity contribution in [3.05, 3.63) is 57.0 Å². The van der Waals surface area contributed by atoms with Crippen molar-refractivity contribution in [2.24, 2.45) is 0 Å². The van der Waals surface area contributed by atoms with E-state index in [0.717, 1.165) is 10.0 Å². The SMILES string of the molecule is Cc1ccc(NS(=O)(=O)c2ccc(Br)cc2)c(Br)c1. The summed E-state index contributed by atoms with van der Waals surface area (Å²) >= 11 is 6.63. The Morgan fingerprint density at radius 2 is 1.63 bits per heavy atom. The van der Waals surface area contributed by atoms with Crippen LogP contribution < -0.4 is 4.72 Å². The zero-order chi connectivity index (χ0) is 14.0. The van der Waals surface area contributed by atoms with Crippen LogP contribution in [-0.2, 0) is 10.0 Å².